The molecule has 0 saturated carbocycles. The third-order valence-electron chi connectivity index (χ3n) is 4.03. The monoisotopic (exact) mass is 373 g/mol. The van der Waals surface area contributed by atoms with Crippen molar-refractivity contribution < 1.29 is 0 Å². The topological polar surface area (TPSA) is 0 Å². The second kappa shape index (κ2) is 18.8. The molecule has 110 valence electrons. The standard InChI is InChI=1S/C18H37.Sn/c1-3-5-7-9-11-13-15-17-18-16-14-12-10-8-6-4-2;/h1,3-18H2,2H3;/q;+3. The van der Waals surface area contributed by atoms with Crippen molar-refractivity contribution in [3.63, 3.8) is 0 Å². The first kappa shape index (κ1) is 19.8. The van der Waals surface area contributed by atoms with Crippen LogP contribution in [0.25, 0.3) is 0 Å². The van der Waals surface area contributed by atoms with E-state index in [1.807, 2.05) is 0 Å². The molecule has 0 radical (unpaired) electrons. The molecule has 0 aromatic rings. The van der Waals surface area contributed by atoms with Crippen LogP contribution in [0.1, 0.15) is 110 Å². The third-order valence-corrected chi connectivity index (χ3v) is 5.04. The van der Waals surface area contributed by atoms with Crippen LogP contribution < -0.4 is 0 Å². The summed E-state index contributed by atoms with van der Waals surface area (Å²) in [6.45, 7) is 2.30. The van der Waals surface area contributed by atoms with Crippen LogP contribution in [0.5, 0.6) is 0 Å². The number of hydrogen-bond donors (Lipinski definition) is 0. The summed E-state index contributed by atoms with van der Waals surface area (Å²) < 4.78 is 1.46. The Hall–Kier alpha value is 0.799. The van der Waals surface area contributed by atoms with Gasteiger partial charge in [0, 0.05) is 0 Å². The van der Waals surface area contributed by atoms with E-state index in [1.165, 1.54) is 107 Å². The Morgan fingerprint density at radius 3 is 0.947 bits per heavy atom. The van der Waals surface area contributed by atoms with E-state index in [0.29, 0.717) is 0 Å². The van der Waals surface area contributed by atoms with Gasteiger partial charge in [0.25, 0.3) is 0 Å². The van der Waals surface area contributed by atoms with Gasteiger partial charge >= 0.3 is 97.6 Å². The maximum atomic E-state index is 2.30. The normalized spacial score (nSPS) is 11.1. The molecular formula is C18H37Sn+3. The predicted molar refractivity (Wildman–Crippen MR) is 90.1 cm³/mol. The Morgan fingerprint density at radius 1 is 0.421 bits per heavy atom. The van der Waals surface area contributed by atoms with Gasteiger partial charge in [-0.3, -0.25) is 0 Å². The van der Waals surface area contributed by atoms with Crippen LogP contribution in [0.4, 0.5) is 0 Å². The van der Waals surface area contributed by atoms with Gasteiger partial charge in [-0.15, -0.1) is 0 Å². The van der Waals surface area contributed by atoms with Crippen LogP contribution in [0.15, 0.2) is 0 Å². The molecule has 0 unspecified atom stereocenters. The van der Waals surface area contributed by atoms with Crippen LogP contribution in [-0.4, -0.2) is 22.5 Å². The summed E-state index contributed by atoms with van der Waals surface area (Å²) in [5, 5.41) is 0. The van der Waals surface area contributed by atoms with Crippen molar-refractivity contribution in [2.24, 2.45) is 0 Å². The molecule has 0 N–H and O–H groups in total. The van der Waals surface area contributed by atoms with Gasteiger partial charge in [-0.05, 0) is 0 Å². The summed E-state index contributed by atoms with van der Waals surface area (Å²) in [6, 6.07) is 0. The van der Waals surface area contributed by atoms with Crippen LogP contribution in [0, 0.1) is 0 Å². The first-order valence-corrected chi connectivity index (χ1v) is 11.1. The molecule has 0 rings (SSSR count). The van der Waals surface area contributed by atoms with Gasteiger partial charge in [0.05, 0.1) is 0 Å². The van der Waals surface area contributed by atoms with Crippen molar-refractivity contribution in [1.82, 2.24) is 0 Å². The molecular weight excluding hydrogens is 335 g/mol. The minimum atomic E-state index is 1.37. The first-order valence-electron chi connectivity index (χ1n) is 9.06. The molecule has 0 aliphatic heterocycles. The van der Waals surface area contributed by atoms with Gasteiger partial charge in [0.15, 0.2) is 0 Å². The average Bonchev–Trinajstić information content (AvgIpc) is 2.43. The summed E-state index contributed by atoms with van der Waals surface area (Å²) >= 11 is 1.72. The molecule has 0 atom stereocenters. The molecule has 0 spiro atoms. The van der Waals surface area contributed by atoms with E-state index in [2.05, 4.69) is 6.92 Å². The summed E-state index contributed by atoms with van der Waals surface area (Å²) in [4.78, 5) is 0. The van der Waals surface area contributed by atoms with Crippen molar-refractivity contribution >= 4 is 22.5 Å². The van der Waals surface area contributed by atoms with Crippen molar-refractivity contribution in [3.05, 3.63) is 0 Å². The van der Waals surface area contributed by atoms with Crippen LogP contribution in [0.2, 0.25) is 4.44 Å². The van der Waals surface area contributed by atoms with Gasteiger partial charge < -0.3 is 0 Å². The number of unbranched alkanes of at least 4 members (excludes halogenated alkanes) is 15. The van der Waals surface area contributed by atoms with E-state index in [4.69, 9.17) is 0 Å². The van der Waals surface area contributed by atoms with Gasteiger partial charge in [0.2, 0.25) is 0 Å². The second-order valence-electron chi connectivity index (χ2n) is 6.05. The van der Waals surface area contributed by atoms with Crippen LogP contribution >= 0.6 is 0 Å². The Bertz CT molecular complexity index is 129. The van der Waals surface area contributed by atoms with E-state index in [0.717, 1.165) is 0 Å². The molecule has 0 aromatic heterocycles. The number of rotatable bonds is 16. The molecule has 0 aromatic carbocycles. The molecule has 0 amide bonds. The zero-order chi connectivity index (χ0) is 14.0. The fourth-order valence-electron chi connectivity index (χ4n) is 2.67. The van der Waals surface area contributed by atoms with Crippen molar-refractivity contribution in [3.8, 4) is 0 Å². The summed E-state index contributed by atoms with van der Waals surface area (Å²) in [7, 11) is 0. The summed E-state index contributed by atoms with van der Waals surface area (Å²) in [6.07, 6.45) is 23.7. The molecule has 0 saturated heterocycles. The van der Waals surface area contributed by atoms with E-state index in [1.54, 1.807) is 22.5 Å². The van der Waals surface area contributed by atoms with Crippen molar-refractivity contribution in [2.75, 3.05) is 0 Å². The second-order valence-corrected chi connectivity index (χ2v) is 7.48. The molecule has 0 bridgehead atoms. The third kappa shape index (κ3) is 18.8. The fourth-order valence-corrected chi connectivity index (χ4v) is 3.39. The maximum absolute atomic E-state index is 2.30. The zero-order valence-corrected chi connectivity index (χ0v) is 16.4. The van der Waals surface area contributed by atoms with Gasteiger partial charge in [-0.25, -0.2) is 0 Å². The Labute approximate surface area is 136 Å². The van der Waals surface area contributed by atoms with Crippen LogP contribution in [-0.2, 0) is 0 Å². The van der Waals surface area contributed by atoms with E-state index in [-0.39, 0.29) is 0 Å². The molecule has 1 heteroatoms. The SMILES string of the molecule is CCCCCCCCCCCCCCCCC[CH2][Sn+3]. The van der Waals surface area contributed by atoms with Gasteiger partial charge in [-0.1, -0.05) is 39.0 Å². The fraction of sp³-hybridized carbons (Fsp3) is 1.00. The Balaban J connectivity index is 2.88. The quantitative estimate of drug-likeness (QED) is 0.206. The Kier molecular flexibility index (Phi) is 19.6. The molecule has 0 nitrogen and oxygen atoms in total. The number of hydrogen-bond acceptors (Lipinski definition) is 0. The first-order chi connectivity index (χ1) is 9.41. The Morgan fingerprint density at radius 2 is 0.684 bits per heavy atom. The zero-order valence-electron chi connectivity index (χ0n) is 13.5. The molecule has 0 aliphatic rings. The molecule has 0 aliphatic carbocycles. The van der Waals surface area contributed by atoms with E-state index in [9.17, 15) is 0 Å². The predicted octanol–water partition coefficient (Wildman–Crippen LogP) is 6.83. The minimum absolute atomic E-state index is 1.37. The molecule has 0 heterocycles. The van der Waals surface area contributed by atoms with Gasteiger partial charge in [-0.2, -0.15) is 0 Å². The van der Waals surface area contributed by atoms with Gasteiger partial charge in [0.1, 0.15) is 0 Å². The summed E-state index contributed by atoms with van der Waals surface area (Å²) in [5.41, 5.74) is 0. The summed E-state index contributed by atoms with van der Waals surface area (Å²) in [5.74, 6) is 0. The molecule has 0 fully saturated rings. The van der Waals surface area contributed by atoms with E-state index < -0.39 is 0 Å². The van der Waals surface area contributed by atoms with E-state index >= 15 is 0 Å². The van der Waals surface area contributed by atoms with Crippen molar-refractivity contribution in [1.29, 1.82) is 0 Å². The average molecular weight is 372 g/mol. The van der Waals surface area contributed by atoms with Crippen molar-refractivity contribution in [2.45, 2.75) is 114 Å². The molecule has 19 heavy (non-hydrogen) atoms. The van der Waals surface area contributed by atoms with Crippen LogP contribution in [0.3, 0.4) is 0 Å².